The summed E-state index contributed by atoms with van der Waals surface area (Å²) in [5.74, 6) is 0. The molecular formula is C13H21NO. The van der Waals surface area contributed by atoms with Gasteiger partial charge in [0.2, 0.25) is 0 Å². The van der Waals surface area contributed by atoms with Gasteiger partial charge in [-0.05, 0) is 25.5 Å². The third-order valence-corrected chi connectivity index (χ3v) is 2.42. The van der Waals surface area contributed by atoms with Gasteiger partial charge in [0.25, 0.3) is 0 Å². The van der Waals surface area contributed by atoms with E-state index in [-0.39, 0.29) is 0 Å². The molecule has 0 bridgehead atoms. The molecule has 1 aromatic carbocycles. The normalized spacial score (nSPS) is 12.7. The Morgan fingerprint density at radius 3 is 2.80 bits per heavy atom. The van der Waals surface area contributed by atoms with Crippen LogP contribution in [0.5, 0.6) is 0 Å². The highest BCUT2D eigenvalue weighted by Crippen LogP contribution is 2.14. The molecule has 84 valence electrons. The lowest BCUT2D eigenvalue weighted by Gasteiger charge is -2.18. The first-order valence-corrected chi connectivity index (χ1v) is 5.56. The van der Waals surface area contributed by atoms with Gasteiger partial charge in [-0.3, -0.25) is 0 Å². The third-order valence-electron chi connectivity index (χ3n) is 2.42. The first-order chi connectivity index (χ1) is 7.27. The average molecular weight is 207 g/mol. The summed E-state index contributed by atoms with van der Waals surface area (Å²) in [6, 6.07) is 8.90. The molecule has 15 heavy (non-hydrogen) atoms. The Bertz CT molecular complexity index is 286. The number of benzene rings is 1. The Balaban J connectivity index is 2.69. The van der Waals surface area contributed by atoms with Gasteiger partial charge < -0.3 is 10.1 Å². The Hall–Kier alpha value is -0.860. The largest absolute Gasteiger partial charge is 0.383 e. The summed E-state index contributed by atoms with van der Waals surface area (Å²) >= 11 is 0. The van der Waals surface area contributed by atoms with E-state index in [1.165, 1.54) is 11.1 Å². The number of nitrogens with one attached hydrogen (secondary N) is 1. The Kier molecular flexibility index (Phi) is 5.37. The molecule has 0 aliphatic carbocycles. The molecule has 0 saturated heterocycles. The lowest BCUT2D eigenvalue weighted by molar-refractivity contribution is 0.167. The van der Waals surface area contributed by atoms with Crippen molar-refractivity contribution in [2.45, 2.75) is 26.3 Å². The fourth-order valence-corrected chi connectivity index (χ4v) is 1.65. The van der Waals surface area contributed by atoms with Gasteiger partial charge in [-0.25, -0.2) is 0 Å². The zero-order valence-electron chi connectivity index (χ0n) is 9.92. The van der Waals surface area contributed by atoms with Gasteiger partial charge in [0.1, 0.15) is 0 Å². The topological polar surface area (TPSA) is 21.3 Å². The van der Waals surface area contributed by atoms with Crippen molar-refractivity contribution in [2.75, 3.05) is 20.3 Å². The fourth-order valence-electron chi connectivity index (χ4n) is 1.65. The van der Waals surface area contributed by atoms with Crippen LogP contribution in [0.2, 0.25) is 0 Å². The number of rotatable bonds is 6. The van der Waals surface area contributed by atoms with Crippen LogP contribution < -0.4 is 5.32 Å². The van der Waals surface area contributed by atoms with E-state index in [1.807, 2.05) is 0 Å². The van der Waals surface area contributed by atoms with E-state index in [0.717, 1.165) is 19.6 Å². The highest BCUT2D eigenvalue weighted by atomic mass is 16.5. The molecule has 0 saturated carbocycles. The summed E-state index contributed by atoms with van der Waals surface area (Å²) in [5, 5.41) is 3.49. The number of ether oxygens (including phenoxy) is 1. The second kappa shape index (κ2) is 6.59. The molecule has 1 unspecified atom stereocenters. The van der Waals surface area contributed by atoms with E-state index in [1.54, 1.807) is 7.11 Å². The molecule has 0 aliphatic rings. The second-order valence-electron chi connectivity index (χ2n) is 3.88. The zero-order chi connectivity index (χ0) is 11.1. The second-order valence-corrected chi connectivity index (χ2v) is 3.88. The molecule has 1 aromatic rings. The van der Waals surface area contributed by atoms with Crippen molar-refractivity contribution in [1.82, 2.24) is 5.32 Å². The Morgan fingerprint density at radius 2 is 2.20 bits per heavy atom. The Labute approximate surface area is 92.6 Å². The Morgan fingerprint density at radius 1 is 1.40 bits per heavy atom. The van der Waals surface area contributed by atoms with Gasteiger partial charge in [0.15, 0.2) is 0 Å². The third kappa shape index (κ3) is 4.02. The lowest BCUT2D eigenvalue weighted by atomic mass is 10.1. The highest BCUT2D eigenvalue weighted by molar-refractivity contribution is 5.25. The first-order valence-electron chi connectivity index (χ1n) is 5.56. The summed E-state index contributed by atoms with van der Waals surface area (Å²) in [5.41, 5.74) is 2.61. The molecule has 0 spiro atoms. The summed E-state index contributed by atoms with van der Waals surface area (Å²) in [4.78, 5) is 0. The van der Waals surface area contributed by atoms with Crippen LogP contribution in [0.15, 0.2) is 24.3 Å². The number of aryl methyl sites for hydroxylation is 1. The predicted molar refractivity (Wildman–Crippen MR) is 64.1 cm³/mol. The van der Waals surface area contributed by atoms with E-state index in [0.29, 0.717) is 6.04 Å². The van der Waals surface area contributed by atoms with Gasteiger partial charge in [0.05, 0.1) is 12.6 Å². The van der Waals surface area contributed by atoms with Crippen molar-refractivity contribution < 1.29 is 4.74 Å². The fraction of sp³-hybridized carbons (Fsp3) is 0.538. The van der Waals surface area contributed by atoms with E-state index in [4.69, 9.17) is 4.74 Å². The van der Waals surface area contributed by atoms with Gasteiger partial charge in [0, 0.05) is 7.11 Å². The molecule has 0 amide bonds. The standard InChI is InChI=1S/C13H21NO/c1-4-8-14-13(10-15-3)12-7-5-6-11(2)9-12/h5-7,9,13-14H,4,8,10H2,1-3H3. The van der Waals surface area contributed by atoms with Gasteiger partial charge in [-0.2, -0.15) is 0 Å². The molecular weight excluding hydrogens is 186 g/mol. The molecule has 1 N–H and O–H groups in total. The quantitative estimate of drug-likeness (QED) is 0.774. The maximum absolute atomic E-state index is 5.23. The summed E-state index contributed by atoms with van der Waals surface area (Å²) < 4.78 is 5.23. The van der Waals surface area contributed by atoms with E-state index in [9.17, 15) is 0 Å². The number of methoxy groups -OCH3 is 1. The molecule has 0 heterocycles. The first kappa shape index (κ1) is 12.2. The summed E-state index contributed by atoms with van der Waals surface area (Å²) in [6.07, 6.45) is 1.14. The highest BCUT2D eigenvalue weighted by Gasteiger charge is 2.09. The average Bonchev–Trinajstić information content (AvgIpc) is 2.24. The maximum Gasteiger partial charge on any atom is 0.0657 e. The molecule has 1 atom stereocenters. The minimum Gasteiger partial charge on any atom is -0.383 e. The van der Waals surface area contributed by atoms with Crippen LogP contribution in [-0.2, 0) is 4.74 Å². The van der Waals surface area contributed by atoms with Crippen molar-refractivity contribution in [1.29, 1.82) is 0 Å². The van der Waals surface area contributed by atoms with E-state index >= 15 is 0 Å². The number of hydrogen-bond acceptors (Lipinski definition) is 2. The molecule has 0 radical (unpaired) electrons. The van der Waals surface area contributed by atoms with Crippen molar-refractivity contribution in [2.24, 2.45) is 0 Å². The van der Waals surface area contributed by atoms with Crippen LogP contribution in [0.4, 0.5) is 0 Å². The van der Waals surface area contributed by atoms with Gasteiger partial charge >= 0.3 is 0 Å². The lowest BCUT2D eigenvalue weighted by Crippen LogP contribution is -2.25. The molecule has 0 fully saturated rings. The van der Waals surface area contributed by atoms with Gasteiger partial charge in [-0.15, -0.1) is 0 Å². The van der Waals surface area contributed by atoms with Crippen molar-refractivity contribution in [3.05, 3.63) is 35.4 Å². The van der Waals surface area contributed by atoms with Crippen LogP contribution in [0.25, 0.3) is 0 Å². The predicted octanol–water partition coefficient (Wildman–Crippen LogP) is 2.68. The summed E-state index contributed by atoms with van der Waals surface area (Å²) in [7, 11) is 1.75. The van der Waals surface area contributed by atoms with Crippen LogP contribution in [0.3, 0.4) is 0 Å². The zero-order valence-corrected chi connectivity index (χ0v) is 9.92. The van der Waals surface area contributed by atoms with Crippen molar-refractivity contribution in [3.63, 3.8) is 0 Å². The minimum absolute atomic E-state index is 0.315. The van der Waals surface area contributed by atoms with Gasteiger partial charge in [-0.1, -0.05) is 36.8 Å². The monoisotopic (exact) mass is 207 g/mol. The van der Waals surface area contributed by atoms with E-state index in [2.05, 4.69) is 43.4 Å². The maximum atomic E-state index is 5.23. The number of hydrogen-bond donors (Lipinski definition) is 1. The SMILES string of the molecule is CCCNC(COC)c1cccc(C)c1. The van der Waals surface area contributed by atoms with Crippen LogP contribution >= 0.6 is 0 Å². The molecule has 2 heteroatoms. The summed E-state index contributed by atoms with van der Waals surface area (Å²) in [6.45, 7) is 6.05. The molecule has 2 nitrogen and oxygen atoms in total. The van der Waals surface area contributed by atoms with Crippen LogP contribution in [-0.4, -0.2) is 20.3 Å². The molecule has 0 aliphatic heterocycles. The molecule has 1 rings (SSSR count). The molecule has 0 aromatic heterocycles. The van der Waals surface area contributed by atoms with Crippen molar-refractivity contribution >= 4 is 0 Å². The van der Waals surface area contributed by atoms with Crippen LogP contribution in [0.1, 0.15) is 30.5 Å². The van der Waals surface area contributed by atoms with Crippen molar-refractivity contribution in [3.8, 4) is 0 Å². The van der Waals surface area contributed by atoms with Crippen LogP contribution in [0, 0.1) is 6.92 Å². The van der Waals surface area contributed by atoms with E-state index < -0.39 is 0 Å². The minimum atomic E-state index is 0.315. The smallest absolute Gasteiger partial charge is 0.0657 e.